The fourth-order valence-corrected chi connectivity index (χ4v) is 1.78. The largest absolute Gasteiger partial charge is 0.306 e. The summed E-state index contributed by atoms with van der Waals surface area (Å²) in [7, 11) is 2.13. The Morgan fingerprint density at radius 3 is 2.21 bits per heavy atom. The van der Waals surface area contributed by atoms with Crippen LogP contribution >= 0.6 is 0 Å². The molecular weight excluding hydrogens is 174 g/mol. The third kappa shape index (κ3) is 4.75. The molecule has 1 fully saturated rings. The SMILES string of the molecule is CC.CCCC(=O)C1CCN(C)CC1. The van der Waals surface area contributed by atoms with Crippen molar-refractivity contribution in [2.24, 2.45) is 5.92 Å². The van der Waals surface area contributed by atoms with E-state index >= 15 is 0 Å². The summed E-state index contributed by atoms with van der Waals surface area (Å²) < 4.78 is 0. The highest BCUT2D eigenvalue weighted by molar-refractivity contribution is 5.81. The van der Waals surface area contributed by atoms with E-state index in [9.17, 15) is 4.79 Å². The molecule has 0 unspecified atom stereocenters. The maximum Gasteiger partial charge on any atom is 0.136 e. The van der Waals surface area contributed by atoms with Crippen molar-refractivity contribution in [2.75, 3.05) is 20.1 Å². The molecule has 1 rings (SSSR count). The average molecular weight is 199 g/mol. The molecule has 2 nitrogen and oxygen atoms in total. The van der Waals surface area contributed by atoms with E-state index in [-0.39, 0.29) is 0 Å². The van der Waals surface area contributed by atoms with Crippen molar-refractivity contribution in [3.05, 3.63) is 0 Å². The lowest BCUT2D eigenvalue weighted by Gasteiger charge is -2.27. The molecule has 14 heavy (non-hydrogen) atoms. The first-order valence-electron chi connectivity index (χ1n) is 5.95. The summed E-state index contributed by atoms with van der Waals surface area (Å²) in [4.78, 5) is 13.8. The third-order valence-corrected chi connectivity index (χ3v) is 2.67. The molecule has 0 aromatic carbocycles. The minimum Gasteiger partial charge on any atom is -0.306 e. The molecule has 84 valence electrons. The average Bonchev–Trinajstić information content (AvgIpc) is 2.22. The molecule has 1 aliphatic rings. The van der Waals surface area contributed by atoms with Crippen molar-refractivity contribution in [1.29, 1.82) is 0 Å². The first kappa shape index (κ1) is 13.6. The maximum atomic E-state index is 11.5. The standard InChI is InChI=1S/C10H19NO.C2H6/c1-3-4-10(12)9-5-7-11(2)8-6-9;1-2/h9H,3-8H2,1-2H3;1-2H3. The molecule has 1 saturated heterocycles. The van der Waals surface area contributed by atoms with Gasteiger partial charge < -0.3 is 4.90 Å². The Morgan fingerprint density at radius 2 is 1.79 bits per heavy atom. The number of carbonyl (C=O) groups is 1. The van der Waals surface area contributed by atoms with Crippen molar-refractivity contribution in [2.45, 2.75) is 46.5 Å². The van der Waals surface area contributed by atoms with Crippen LogP contribution in [0.2, 0.25) is 0 Å². The predicted octanol–water partition coefficient (Wildman–Crippen LogP) is 2.72. The lowest BCUT2D eigenvalue weighted by Crippen LogP contribution is -2.33. The number of rotatable bonds is 3. The number of nitrogens with zero attached hydrogens (tertiary/aromatic N) is 1. The van der Waals surface area contributed by atoms with Crippen molar-refractivity contribution in [3.8, 4) is 0 Å². The van der Waals surface area contributed by atoms with Crippen LogP contribution in [0.1, 0.15) is 46.5 Å². The van der Waals surface area contributed by atoms with Gasteiger partial charge in [0.2, 0.25) is 0 Å². The predicted molar refractivity (Wildman–Crippen MR) is 61.5 cm³/mol. The molecule has 1 aliphatic heterocycles. The smallest absolute Gasteiger partial charge is 0.136 e. The zero-order valence-corrected chi connectivity index (χ0v) is 10.2. The molecule has 0 N–H and O–H groups in total. The summed E-state index contributed by atoms with van der Waals surface area (Å²) in [5, 5.41) is 0. The zero-order valence-electron chi connectivity index (χ0n) is 10.2. The normalized spacial score (nSPS) is 18.6. The summed E-state index contributed by atoms with van der Waals surface area (Å²) >= 11 is 0. The Bertz CT molecular complexity index is 148. The van der Waals surface area contributed by atoms with E-state index < -0.39 is 0 Å². The summed E-state index contributed by atoms with van der Waals surface area (Å²) in [5.41, 5.74) is 0. The number of hydrogen-bond donors (Lipinski definition) is 0. The van der Waals surface area contributed by atoms with Crippen molar-refractivity contribution >= 4 is 5.78 Å². The first-order valence-corrected chi connectivity index (χ1v) is 5.95. The first-order chi connectivity index (χ1) is 6.74. The third-order valence-electron chi connectivity index (χ3n) is 2.67. The van der Waals surface area contributed by atoms with Gasteiger partial charge in [-0.1, -0.05) is 20.8 Å². The summed E-state index contributed by atoms with van der Waals surface area (Å²) in [5.74, 6) is 0.867. The molecule has 1 heterocycles. The lowest BCUT2D eigenvalue weighted by atomic mass is 9.91. The summed E-state index contributed by atoms with van der Waals surface area (Å²) in [6.45, 7) is 8.27. The highest BCUT2D eigenvalue weighted by atomic mass is 16.1. The van der Waals surface area contributed by atoms with E-state index in [0.29, 0.717) is 11.7 Å². The minimum absolute atomic E-state index is 0.376. The van der Waals surface area contributed by atoms with Gasteiger partial charge in [-0.3, -0.25) is 4.79 Å². The summed E-state index contributed by atoms with van der Waals surface area (Å²) in [6.07, 6.45) is 3.95. The lowest BCUT2D eigenvalue weighted by molar-refractivity contribution is -0.124. The van der Waals surface area contributed by atoms with Gasteiger partial charge in [-0.15, -0.1) is 0 Å². The number of piperidine rings is 1. The molecule has 0 spiro atoms. The van der Waals surface area contributed by atoms with E-state index in [4.69, 9.17) is 0 Å². The molecule has 0 bridgehead atoms. The highest BCUT2D eigenvalue weighted by Crippen LogP contribution is 2.18. The van der Waals surface area contributed by atoms with Gasteiger partial charge in [0.1, 0.15) is 5.78 Å². The molecule has 0 aromatic rings. The number of carbonyl (C=O) groups excluding carboxylic acids is 1. The quantitative estimate of drug-likeness (QED) is 0.696. The van der Waals surface area contributed by atoms with E-state index in [1.165, 1.54) is 0 Å². The Hall–Kier alpha value is -0.370. The van der Waals surface area contributed by atoms with Crippen LogP contribution in [-0.2, 0) is 4.79 Å². The van der Waals surface area contributed by atoms with Crippen LogP contribution in [0.25, 0.3) is 0 Å². The van der Waals surface area contributed by atoms with Gasteiger partial charge in [-0.25, -0.2) is 0 Å². The Kier molecular flexibility index (Phi) is 7.77. The van der Waals surface area contributed by atoms with Gasteiger partial charge in [-0.2, -0.15) is 0 Å². The zero-order chi connectivity index (χ0) is 11.0. The Labute approximate surface area is 88.7 Å². The second-order valence-corrected chi connectivity index (χ2v) is 3.79. The fourth-order valence-electron chi connectivity index (χ4n) is 1.78. The van der Waals surface area contributed by atoms with Gasteiger partial charge in [0.15, 0.2) is 0 Å². The molecule has 0 aliphatic carbocycles. The second kappa shape index (κ2) is 7.98. The topological polar surface area (TPSA) is 20.3 Å². The van der Waals surface area contributed by atoms with Gasteiger partial charge in [0.05, 0.1) is 0 Å². The van der Waals surface area contributed by atoms with Crippen molar-refractivity contribution in [1.82, 2.24) is 4.90 Å². The molecular formula is C12H25NO. The summed E-state index contributed by atoms with van der Waals surface area (Å²) in [6, 6.07) is 0. The monoisotopic (exact) mass is 199 g/mol. The van der Waals surface area contributed by atoms with E-state index in [0.717, 1.165) is 38.8 Å². The van der Waals surface area contributed by atoms with Crippen LogP contribution < -0.4 is 0 Å². The van der Waals surface area contributed by atoms with Crippen LogP contribution in [0.4, 0.5) is 0 Å². The molecule has 0 atom stereocenters. The van der Waals surface area contributed by atoms with Crippen LogP contribution in [-0.4, -0.2) is 30.8 Å². The Balaban J connectivity index is 0.000000791. The van der Waals surface area contributed by atoms with Crippen LogP contribution in [0, 0.1) is 5.92 Å². The van der Waals surface area contributed by atoms with Crippen molar-refractivity contribution < 1.29 is 4.79 Å². The Morgan fingerprint density at radius 1 is 1.29 bits per heavy atom. The number of Topliss-reactive ketones (excluding diaryl/α,β-unsaturated/α-hetero) is 1. The van der Waals surface area contributed by atoms with E-state index in [1.54, 1.807) is 0 Å². The molecule has 0 saturated carbocycles. The molecule has 0 aromatic heterocycles. The molecule has 0 radical (unpaired) electrons. The van der Waals surface area contributed by atoms with Gasteiger partial charge >= 0.3 is 0 Å². The maximum absolute atomic E-state index is 11.5. The van der Waals surface area contributed by atoms with E-state index in [2.05, 4.69) is 18.9 Å². The fraction of sp³-hybridized carbons (Fsp3) is 0.917. The van der Waals surface area contributed by atoms with Crippen molar-refractivity contribution in [3.63, 3.8) is 0 Å². The van der Waals surface area contributed by atoms with Crippen LogP contribution in [0.15, 0.2) is 0 Å². The van der Waals surface area contributed by atoms with Crippen LogP contribution in [0.5, 0.6) is 0 Å². The highest BCUT2D eigenvalue weighted by Gasteiger charge is 2.21. The van der Waals surface area contributed by atoms with Gasteiger partial charge in [0, 0.05) is 12.3 Å². The number of ketones is 1. The van der Waals surface area contributed by atoms with Gasteiger partial charge in [0.25, 0.3) is 0 Å². The number of hydrogen-bond acceptors (Lipinski definition) is 2. The second-order valence-electron chi connectivity index (χ2n) is 3.79. The molecule has 2 heteroatoms. The van der Waals surface area contributed by atoms with E-state index in [1.807, 2.05) is 13.8 Å². The number of likely N-dealkylation sites (tertiary alicyclic amines) is 1. The molecule has 0 amide bonds. The van der Waals surface area contributed by atoms with Crippen LogP contribution in [0.3, 0.4) is 0 Å². The van der Waals surface area contributed by atoms with Gasteiger partial charge in [-0.05, 0) is 39.4 Å². The minimum atomic E-state index is 0.376.